The molecule has 1 aromatic rings. The van der Waals surface area contributed by atoms with Gasteiger partial charge in [-0.25, -0.2) is 0 Å². The normalized spacial score (nSPS) is 16.2. The standard InChI is InChI=1S/C12H9Br2O2/c13-8-3-7(4-9(14)5-8)11-2-1-10(15)6-12(11)16/h2-6,15-16H,1H2. The Kier molecular flexibility index (Phi) is 3.40. The molecule has 83 valence electrons. The Hall–Kier alpha value is -0.740. The number of allylic oxidation sites excluding steroid dienone is 3. The number of aliphatic hydroxyl groups excluding tert-OH is 2. The molecule has 0 bridgehead atoms. The molecule has 0 atom stereocenters. The quantitative estimate of drug-likeness (QED) is 0.785. The van der Waals surface area contributed by atoms with E-state index in [0.29, 0.717) is 6.42 Å². The Morgan fingerprint density at radius 1 is 1.00 bits per heavy atom. The van der Waals surface area contributed by atoms with E-state index in [4.69, 9.17) is 0 Å². The third-order valence-corrected chi connectivity index (χ3v) is 3.18. The third kappa shape index (κ3) is 2.50. The predicted octanol–water partition coefficient (Wildman–Crippen LogP) is 4.53. The lowest BCUT2D eigenvalue weighted by Crippen LogP contribution is -1.99. The van der Waals surface area contributed by atoms with Gasteiger partial charge in [-0.2, -0.15) is 0 Å². The summed E-state index contributed by atoms with van der Waals surface area (Å²) in [5, 5.41) is 19.0. The highest BCUT2D eigenvalue weighted by Crippen LogP contribution is 2.32. The molecule has 2 N–H and O–H groups in total. The summed E-state index contributed by atoms with van der Waals surface area (Å²) in [6.45, 7) is 0. The third-order valence-electron chi connectivity index (χ3n) is 2.27. The molecule has 0 fully saturated rings. The van der Waals surface area contributed by atoms with Crippen LogP contribution in [0.3, 0.4) is 0 Å². The topological polar surface area (TPSA) is 40.5 Å². The number of hydrogen-bond donors (Lipinski definition) is 2. The second-order valence-corrected chi connectivity index (χ2v) is 5.33. The minimum Gasteiger partial charge on any atom is -0.512 e. The van der Waals surface area contributed by atoms with Crippen LogP contribution in [-0.4, -0.2) is 10.2 Å². The van der Waals surface area contributed by atoms with E-state index in [1.807, 2.05) is 18.2 Å². The Morgan fingerprint density at radius 3 is 2.19 bits per heavy atom. The molecule has 0 aromatic heterocycles. The molecule has 2 nitrogen and oxygen atoms in total. The molecule has 1 aliphatic rings. The zero-order valence-electron chi connectivity index (χ0n) is 8.24. The van der Waals surface area contributed by atoms with Crippen LogP contribution in [0, 0.1) is 6.42 Å². The highest BCUT2D eigenvalue weighted by molar-refractivity contribution is 9.11. The highest BCUT2D eigenvalue weighted by Gasteiger charge is 2.15. The Balaban J connectivity index is 2.48. The zero-order valence-corrected chi connectivity index (χ0v) is 11.4. The van der Waals surface area contributed by atoms with Crippen LogP contribution < -0.4 is 0 Å². The van der Waals surface area contributed by atoms with Crippen molar-refractivity contribution in [2.24, 2.45) is 0 Å². The van der Waals surface area contributed by atoms with Gasteiger partial charge in [-0.05, 0) is 23.8 Å². The fourth-order valence-electron chi connectivity index (χ4n) is 1.58. The van der Waals surface area contributed by atoms with E-state index in [0.717, 1.165) is 20.1 Å². The average molecular weight is 345 g/mol. The molecule has 0 heterocycles. The van der Waals surface area contributed by atoms with Gasteiger partial charge in [0.25, 0.3) is 0 Å². The molecule has 0 amide bonds. The number of aliphatic hydroxyl groups is 2. The molecule has 2 rings (SSSR count). The van der Waals surface area contributed by atoms with Crippen LogP contribution in [0.5, 0.6) is 0 Å². The number of hydrogen-bond acceptors (Lipinski definition) is 2. The maximum Gasteiger partial charge on any atom is 0.123 e. The molecule has 1 radical (unpaired) electrons. The van der Waals surface area contributed by atoms with E-state index < -0.39 is 0 Å². The molecule has 16 heavy (non-hydrogen) atoms. The number of benzene rings is 1. The van der Waals surface area contributed by atoms with Crippen LogP contribution >= 0.6 is 31.9 Å². The number of halogens is 2. The van der Waals surface area contributed by atoms with Crippen molar-refractivity contribution in [1.82, 2.24) is 0 Å². The summed E-state index contributed by atoms with van der Waals surface area (Å²) in [5.74, 6) is 0.268. The van der Waals surface area contributed by atoms with E-state index in [1.165, 1.54) is 6.08 Å². The molecule has 1 aromatic carbocycles. The smallest absolute Gasteiger partial charge is 0.123 e. The van der Waals surface area contributed by atoms with Gasteiger partial charge < -0.3 is 10.2 Å². The molecule has 0 saturated carbocycles. The van der Waals surface area contributed by atoms with Gasteiger partial charge in [0, 0.05) is 33.4 Å². The summed E-state index contributed by atoms with van der Waals surface area (Å²) in [4.78, 5) is 0. The first-order valence-corrected chi connectivity index (χ1v) is 6.27. The summed E-state index contributed by atoms with van der Waals surface area (Å²) in [6.07, 6.45) is 3.63. The molecular weight excluding hydrogens is 336 g/mol. The van der Waals surface area contributed by atoms with Crippen molar-refractivity contribution < 1.29 is 10.2 Å². The maximum absolute atomic E-state index is 9.76. The van der Waals surface area contributed by atoms with Crippen LogP contribution in [-0.2, 0) is 0 Å². The maximum atomic E-state index is 9.76. The monoisotopic (exact) mass is 343 g/mol. The summed E-state index contributed by atoms with van der Waals surface area (Å²) in [5.41, 5.74) is 1.64. The molecule has 0 unspecified atom stereocenters. The van der Waals surface area contributed by atoms with Crippen LogP contribution in [0.2, 0.25) is 0 Å². The van der Waals surface area contributed by atoms with E-state index >= 15 is 0 Å². The van der Waals surface area contributed by atoms with E-state index in [2.05, 4.69) is 31.9 Å². The van der Waals surface area contributed by atoms with Crippen LogP contribution in [0.25, 0.3) is 5.57 Å². The Bertz CT molecular complexity index is 470. The van der Waals surface area contributed by atoms with E-state index in [-0.39, 0.29) is 11.5 Å². The molecule has 1 aliphatic carbocycles. The summed E-state index contributed by atoms with van der Waals surface area (Å²) < 4.78 is 1.87. The van der Waals surface area contributed by atoms with Gasteiger partial charge in [0.05, 0.1) is 5.76 Å². The van der Waals surface area contributed by atoms with Gasteiger partial charge in [0.1, 0.15) is 5.76 Å². The van der Waals surface area contributed by atoms with Gasteiger partial charge in [-0.15, -0.1) is 0 Å². The average Bonchev–Trinajstić information content (AvgIpc) is 2.15. The lowest BCUT2D eigenvalue weighted by atomic mass is 9.95. The Labute approximate surface area is 111 Å². The van der Waals surface area contributed by atoms with Gasteiger partial charge >= 0.3 is 0 Å². The second kappa shape index (κ2) is 4.63. The van der Waals surface area contributed by atoms with Crippen LogP contribution in [0.1, 0.15) is 12.0 Å². The van der Waals surface area contributed by atoms with Crippen molar-refractivity contribution in [2.45, 2.75) is 6.42 Å². The number of rotatable bonds is 1. The van der Waals surface area contributed by atoms with Crippen LogP contribution in [0.15, 0.2) is 44.7 Å². The van der Waals surface area contributed by atoms with Gasteiger partial charge in [0.2, 0.25) is 0 Å². The highest BCUT2D eigenvalue weighted by atomic mass is 79.9. The summed E-state index contributed by atoms with van der Waals surface area (Å²) in [6, 6.07) is 5.77. The van der Waals surface area contributed by atoms with Gasteiger partial charge in [-0.1, -0.05) is 31.9 Å². The fraction of sp³-hybridized carbons (Fsp3) is 0.0833. The van der Waals surface area contributed by atoms with Gasteiger partial charge in [-0.3, -0.25) is 0 Å². The SMILES string of the molecule is OC1=CC(O)=C(c2cc(Br)cc(Br)c2)[CH]C1. The Morgan fingerprint density at radius 2 is 1.62 bits per heavy atom. The molecule has 0 saturated heterocycles. The van der Waals surface area contributed by atoms with Crippen molar-refractivity contribution in [2.75, 3.05) is 0 Å². The molecular formula is C12H9Br2O2. The lowest BCUT2D eigenvalue weighted by molar-refractivity contribution is 0.377. The van der Waals surface area contributed by atoms with Crippen LogP contribution in [0.4, 0.5) is 0 Å². The molecule has 0 aliphatic heterocycles. The zero-order chi connectivity index (χ0) is 11.7. The minimum atomic E-state index is 0.0914. The van der Waals surface area contributed by atoms with E-state index in [1.54, 1.807) is 6.42 Å². The summed E-state index contributed by atoms with van der Waals surface area (Å²) in [7, 11) is 0. The largest absolute Gasteiger partial charge is 0.512 e. The summed E-state index contributed by atoms with van der Waals surface area (Å²) >= 11 is 6.80. The molecule has 4 heteroatoms. The minimum absolute atomic E-state index is 0.0914. The molecule has 0 spiro atoms. The van der Waals surface area contributed by atoms with Crippen molar-refractivity contribution in [3.8, 4) is 0 Å². The van der Waals surface area contributed by atoms with Crippen molar-refractivity contribution in [3.05, 3.63) is 56.7 Å². The first kappa shape index (κ1) is 11.7. The fourth-order valence-corrected chi connectivity index (χ4v) is 2.87. The van der Waals surface area contributed by atoms with Gasteiger partial charge in [0.15, 0.2) is 0 Å². The first-order chi connectivity index (χ1) is 7.56. The van der Waals surface area contributed by atoms with Crippen molar-refractivity contribution >= 4 is 37.4 Å². The first-order valence-electron chi connectivity index (χ1n) is 4.69. The predicted molar refractivity (Wildman–Crippen MR) is 71.0 cm³/mol. The van der Waals surface area contributed by atoms with E-state index in [9.17, 15) is 10.2 Å². The van der Waals surface area contributed by atoms with Crippen molar-refractivity contribution in [1.29, 1.82) is 0 Å². The lowest BCUT2D eigenvalue weighted by Gasteiger charge is -2.14. The second-order valence-electron chi connectivity index (χ2n) is 3.50. The van der Waals surface area contributed by atoms with Crippen molar-refractivity contribution in [3.63, 3.8) is 0 Å².